The second kappa shape index (κ2) is 10.2. The molecule has 0 aromatic heterocycles. The van der Waals surface area contributed by atoms with E-state index in [0.717, 1.165) is 24.5 Å². The Morgan fingerprint density at radius 1 is 1.25 bits per heavy atom. The van der Waals surface area contributed by atoms with E-state index in [2.05, 4.69) is 22.5 Å². The predicted molar refractivity (Wildman–Crippen MR) is 108 cm³/mol. The number of aliphatic imine (C=N–C) groups is 1. The summed E-state index contributed by atoms with van der Waals surface area (Å²) >= 11 is 0. The van der Waals surface area contributed by atoms with Gasteiger partial charge in [-0.05, 0) is 43.9 Å². The fourth-order valence-electron chi connectivity index (χ4n) is 2.73. The number of hydrogen-bond donors (Lipinski definition) is 3. The molecule has 0 bridgehead atoms. The summed E-state index contributed by atoms with van der Waals surface area (Å²) in [6.45, 7) is 3.54. The minimum atomic E-state index is -3.62. The summed E-state index contributed by atoms with van der Waals surface area (Å²) in [5.41, 5.74) is 1.04. The van der Waals surface area contributed by atoms with Crippen LogP contribution in [0.2, 0.25) is 0 Å². The second-order valence-corrected chi connectivity index (χ2v) is 7.39. The van der Waals surface area contributed by atoms with E-state index in [1.54, 1.807) is 12.1 Å². The minimum Gasteiger partial charge on any atom is -0.357 e. The quantitative estimate of drug-likeness (QED) is 0.340. The zero-order valence-corrected chi connectivity index (χ0v) is 17.1. The van der Waals surface area contributed by atoms with Crippen molar-refractivity contribution in [3.05, 3.63) is 29.8 Å². The lowest BCUT2D eigenvalue weighted by Crippen LogP contribution is -2.42. The average Bonchev–Trinajstić information content (AvgIpc) is 3.00. The average molecular weight is 466 g/mol. The van der Waals surface area contributed by atoms with E-state index < -0.39 is 10.0 Å². The normalized spacial score (nSPS) is 15.8. The van der Waals surface area contributed by atoms with Gasteiger partial charge in [0, 0.05) is 19.1 Å². The Balaban J connectivity index is 0.00000288. The molecule has 6 nitrogen and oxygen atoms in total. The molecule has 0 aliphatic heterocycles. The SMILES string of the molecule is CCNC(=NCCc1ccc(S(N)(=O)=O)cc1)NC1CCCC1.I. The molecule has 0 spiro atoms. The largest absolute Gasteiger partial charge is 0.357 e. The number of guanidine groups is 1. The topological polar surface area (TPSA) is 96.6 Å². The van der Waals surface area contributed by atoms with E-state index >= 15 is 0 Å². The second-order valence-electron chi connectivity index (χ2n) is 5.83. The molecule has 2 rings (SSSR count). The van der Waals surface area contributed by atoms with Crippen molar-refractivity contribution in [2.24, 2.45) is 10.1 Å². The van der Waals surface area contributed by atoms with E-state index in [9.17, 15) is 8.42 Å². The maximum absolute atomic E-state index is 11.2. The molecule has 0 saturated heterocycles. The minimum absolute atomic E-state index is 0. The van der Waals surface area contributed by atoms with E-state index in [-0.39, 0.29) is 28.9 Å². The van der Waals surface area contributed by atoms with Crippen LogP contribution in [-0.2, 0) is 16.4 Å². The Bertz CT molecular complexity index is 626. The van der Waals surface area contributed by atoms with Crippen LogP contribution in [0.4, 0.5) is 0 Å². The van der Waals surface area contributed by atoms with Crippen molar-refractivity contribution < 1.29 is 8.42 Å². The lowest BCUT2D eigenvalue weighted by Gasteiger charge is -2.16. The molecule has 0 amide bonds. The molecular formula is C16H27IN4O2S. The van der Waals surface area contributed by atoms with E-state index in [4.69, 9.17) is 5.14 Å². The van der Waals surface area contributed by atoms with Gasteiger partial charge in [-0.3, -0.25) is 4.99 Å². The van der Waals surface area contributed by atoms with Crippen molar-refractivity contribution in [3.63, 3.8) is 0 Å². The summed E-state index contributed by atoms with van der Waals surface area (Å²) in [6, 6.07) is 7.17. The monoisotopic (exact) mass is 466 g/mol. The number of sulfonamides is 1. The van der Waals surface area contributed by atoms with Crippen LogP contribution in [0.25, 0.3) is 0 Å². The fourth-order valence-corrected chi connectivity index (χ4v) is 3.24. The van der Waals surface area contributed by atoms with Crippen molar-refractivity contribution in [3.8, 4) is 0 Å². The Morgan fingerprint density at radius 3 is 2.42 bits per heavy atom. The van der Waals surface area contributed by atoms with Gasteiger partial charge in [-0.15, -0.1) is 24.0 Å². The van der Waals surface area contributed by atoms with E-state index in [1.165, 1.54) is 37.8 Å². The van der Waals surface area contributed by atoms with Crippen LogP contribution in [0.5, 0.6) is 0 Å². The highest BCUT2D eigenvalue weighted by Crippen LogP contribution is 2.17. The molecule has 0 radical (unpaired) electrons. The molecule has 1 aromatic carbocycles. The van der Waals surface area contributed by atoms with Crippen molar-refractivity contribution in [1.29, 1.82) is 0 Å². The first-order chi connectivity index (χ1) is 11.0. The molecule has 0 unspecified atom stereocenters. The van der Waals surface area contributed by atoms with Gasteiger partial charge in [-0.2, -0.15) is 0 Å². The summed E-state index contributed by atoms with van der Waals surface area (Å²) in [7, 11) is -3.62. The summed E-state index contributed by atoms with van der Waals surface area (Å²) in [5.74, 6) is 0.862. The fraction of sp³-hybridized carbons (Fsp3) is 0.562. The third-order valence-electron chi connectivity index (χ3n) is 3.96. The van der Waals surface area contributed by atoms with Gasteiger partial charge in [0.2, 0.25) is 10.0 Å². The first-order valence-corrected chi connectivity index (χ1v) is 9.70. The van der Waals surface area contributed by atoms with Gasteiger partial charge in [0.15, 0.2) is 5.96 Å². The van der Waals surface area contributed by atoms with Gasteiger partial charge in [0.1, 0.15) is 0 Å². The summed E-state index contributed by atoms with van der Waals surface area (Å²) in [5, 5.41) is 11.8. The molecule has 8 heteroatoms. The van der Waals surface area contributed by atoms with Crippen molar-refractivity contribution >= 4 is 40.0 Å². The first-order valence-electron chi connectivity index (χ1n) is 8.15. The lowest BCUT2D eigenvalue weighted by molar-refractivity contribution is 0.598. The van der Waals surface area contributed by atoms with Gasteiger partial charge in [0.25, 0.3) is 0 Å². The summed E-state index contributed by atoms with van der Waals surface area (Å²) in [4.78, 5) is 4.73. The maximum atomic E-state index is 11.2. The molecule has 1 aliphatic carbocycles. The zero-order valence-electron chi connectivity index (χ0n) is 14.0. The number of nitrogens with zero attached hydrogens (tertiary/aromatic N) is 1. The Labute approximate surface area is 161 Å². The van der Waals surface area contributed by atoms with Crippen LogP contribution in [0.15, 0.2) is 34.2 Å². The van der Waals surface area contributed by atoms with Crippen molar-refractivity contribution in [2.75, 3.05) is 13.1 Å². The molecule has 1 aliphatic rings. The number of hydrogen-bond acceptors (Lipinski definition) is 3. The highest BCUT2D eigenvalue weighted by atomic mass is 127. The van der Waals surface area contributed by atoms with Crippen LogP contribution < -0.4 is 15.8 Å². The van der Waals surface area contributed by atoms with Crippen molar-refractivity contribution in [2.45, 2.75) is 50.0 Å². The third-order valence-corrected chi connectivity index (χ3v) is 4.89. The van der Waals surface area contributed by atoms with Crippen LogP contribution in [0, 0.1) is 0 Å². The first kappa shape index (κ1) is 21.2. The number of rotatable bonds is 6. The molecule has 1 saturated carbocycles. The molecule has 1 aromatic rings. The number of halogens is 1. The predicted octanol–water partition coefficient (Wildman–Crippen LogP) is 1.99. The summed E-state index contributed by atoms with van der Waals surface area (Å²) < 4.78 is 22.4. The molecule has 24 heavy (non-hydrogen) atoms. The van der Waals surface area contributed by atoms with Gasteiger partial charge < -0.3 is 10.6 Å². The molecule has 4 N–H and O–H groups in total. The van der Waals surface area contributed by atoms with Crippen LogP contribution in [0.3, 0.4) is 0 Å². The number of nitrogens with one attached hydrogen (secondary N) is 2. The Hall–Kier alpha value is -0.870. The number of nitrogens with two attached hydrogens (primary N) is 1. The van der Waals surface area contributed by atoms with Crippen LogP contribution >= 0.6 is 24.0 Å². The standard InChI is InChI=1S/C16H26N4O2S.HI/c1-2-18-16(20-14-5-3-4-6-14)19-12-11-13-7-9-15(10-8-13)23(17,21)22;/h7-10,14H,2-6,11-12H2,1H3,(H2,17,21,22)(H2,18,19,20);1H. The molecule has 1 fully saturated rings. The maximum Gasteiger partial charge on any atom is 0.238 e. The molecule has 0 atom stereocenters. The van der Waals surface area contributed by atoms with Gasteiger partial charge in [-0.1, -0.05) is 25.0 Å². The zero-order chi connectivity index (χ0) is 16.7. The van der Waals surface area contributed by atoms with Crippen LogP contribution in [-0.4, -0.2) is 33.5 Å². The third kappa shape index (κ3) is 6.94. The van der Waals surface area contributed by atoms with E-state index in [1.807, 2.05) is 0 Å². The molecular weight excluding hydrogens is 439 g/mol. The number of primary sulfonamides is 1. The Kier molecular flexibility index (Phi) is 8.99. The van der Waals surface area contributed by atoms with Gasteiger partial charge in [-0.25, -0.2) is 13.6 Å². The summed E-state index contributed by atoms with van der Waals surface area (Å²) in [6.07, 6.45) is 5.74. The smallest absolute Gasteiger partial charge is 0.238 e. The molecule has 136 valence electrons. The van der Waals surface area contributed by atoms with Gasteiger partial charge >= 0.3 is 0 Å². The molecule has 0 heterocycles. The van der Waals surface area contributed by atoms with E-state index in [0.29, 0.717) is 12.6 Å². The highest BCUT2D eigenvalue weighted by Gasteiger charge is 2.15. The van der Waals surface area contributed by atoms with Crippen LogP contribution in [0.1, 0.15) is 38.2 Å². The Morgan fingerprint density at radius 2 is 1.88 bits per heavy atom. The highest BCUT2D eigenvalue weighted by molar-refractivity contribution is 14.0. The number of benzene rings is 1. The lowest BCUT2D eigenvalue weighted by atomic mass is 10.1. The van der Waals surface area contributed by atoms with Crippen molar-refractivity contribution in [1.82, 2.24) is 10.6 Å². The van der Waals surface area contributed by atoms with Gasteiger partial charge in [0.05, 0.1) is 4.90 Å².